The maximum Gasteiger partial charge on any atom is 0.224 e. The van der Waals surface area contributed by atoms with Gasteiger partial charge in [-0.15, -0.1) is 24.0 Å². The van der Waals surface area contributed by atoms with Crippen LogP contribution in [-0.4, -0.2) is 50.6 Å². The summed E-state index contributed by atoms with van der Waals surface area (Å²) in [5.41, 5.74) is 2.03. The number of para-hydroxylation sites is 1. The predicted molar refractivity (Wildman–Crippen MR) is 135 cm³/mol. The van der Waals surface area contributed by atoms with Crippen molar-refractivity contribution in [2.45, 2.75) is 25.8 Å². The van der Waals surface area contributed by atoms with Gasteiger partial charge < -0.3 is 20.9 Å². The van der Waals surface area contributed by atoms with Crippen LogP contribution in [-0.2, 0) is 11.2 Å². The number of nitrogens with zero attached hydrogens (tertiary/aromatic N) is 2. The second-order valence-corrected chi connectivity index (χ2v) is 7.33. The highest BCUT2D eigenvalue weighted by molar-refractivity contribution is 14.0. The van der Waals surface area contributed by atoms with Crippen LogP contribution in [0.2, 0.25) is 0 Å². The summed E-state index contributed by atoms with van der Waals surface area (Å²) >= 11 is 0. The lowest BCUT2D eigenvalue weighted by Gasteiger charge is -2.20. The number of carbonyl (C=O) groups excluding carboxylic acids is 1. The number of carbonyl (C=O) groups is 1. The number of halogens is 2. The van der Waals surface area contributed by atoms with Crippen LogP contribution in [0.15, 0.2) is 59.6 Å². The van der Waals surface area contributed by atoms with Crippen LogP contribution in [0.3, 0.4) is 0 Å². The van der Waals surface area contributed by atoms with Crippen molar-refractivity contribution in [1.82, 2.24) is 16.0 Å². The van der Waals surface area contributed by atoms with Gasteiger partial charge in [-0.25, -0.2) is 4.39 Å². The summed E-state index contributed by atoms with van der Waals surface area (Å²) in [5, 5.41) is 9.63. The minimum Gasteiger partial charge on any atom is -0.369 e. The minimum absolute atomic E-state index is 0. The number of rotatable bonds is 8. The highest BCUT2D eigenvalue weighted by Gasteiger charge is 2.23. The SMILES string of the molecule is CCNC(=NCCNC(=O)Cc1ccc(F)cc1)NC1CCN(c2ccccc2)C1.I. The summed E-state index contributed by atoms with van der Waals surface area (Å²) < 4.78 is 12.9. The Kier molecular flexibility index (Phi) is 10.6. The molecule has 3 rings (SSSR count). The molecule has 1 aliphatic heterocycles. The van der Waals surface area contributed by atoms with Gasteiger partial charge in [0.15, 0.2) is 5.96 Å². The van der Waals surface area contributed by atoms with Crippen molar-refractivity contribution in [3.63, 3.8) is 0 Å². The molecule has 3 N–H and O–H groups in total. The Bertz CT molecular complexity index is 832. The molecule has 168 valence electrons. The topological polar surface area (TPSA) is 68.8 Å². The Hall–Kier alpha value is -2.36. The lowest BCUT2D eigenvalue weighted by molar-refractivity contribution is -0.120. The Balaban J connectivity index is 0.00000341. The first kappa shape index (κ1) is 24.9. The van der Waals surface area contributed by atoms with Crippen molar-refractivity contribution in [3.8, 4) is 0 Å². The number of anilines is 1. The smallest absolute Gasteiger partial charge is 0.224 e. The van der Waals surface area contributed by atoms with Gasteiger partial charge in [-0.3, -0.25) is 9.79 Å². The molecule has 0 aliphatic carbocycles. The third-order valence-corrected chi connectivity index (χ3v) is 4.98. The van der Waals surface area contributed by atoms with Crippen molar-refractivity contribution in [3.05, 3.63) is 66.0 Å². The van der Waals surface area contributed by atoms with Gasteiger partial charge in [-0.05, 0) is 43.2 Å². The van der Waals surface area contributed by atoms with E-state index in [1.807, 2.05) is 13.0 Å². The van der Waals surface area contributed by atoms with E-state index in [4.69, 9.17) is 0 Å². The quantitative estimate of drug-likeness (QED) is 0.209. The number of guanidine groups is 1. The van der Waals surface area contributed by atoms with Crippen LogP contribution in [0.1, 0.15) is 18.9 Å². The largest absolute Gasteiger partial charge is 0.369 e. The molecular weight excluding hydrogens is 508 g/mol. The molecular formula is C23H31FIN5O. The summed E-state index contributed by atoms with van der Waals surface area (Å²) in [6.45, 7) is 5.70. The first-order valence-corrected chi connectivity index (χ1v) is 10.5. The summed E-state index contributed by atoms with van der Waals surface area (Å²) in [5.74, 6) is 0.375. The second kappa shape index (κ2) is 13.1. The Morgan fingerprint density at radius 1 is 1.13 bits per heavy atom. The lowest BCUT2D eigenvalue weighted by Crippen LogP contribution is -2.45. The molecule has 1 fully saturated rings. The van der Waals surface area contributed by atoms with Gasteiger partial charge in [0.2, 0.25) is 5.91 Å². The van der Waals surface area contributed by atoms with Gasteiger partial charge in [0.25, 0.3) is 0 Å². The average molecular weight is 539 g/mol. The maximum absolute atomic E-state index is 12.9. The van der Waals surface area contributed by atoms with E-state index < -0.39 is 0 Å². The van der Waals surface area contributed by atoms with Crippen LogP contribution < -0.4 is 20.9 Å². The van der Waals surface area contributed by atoms with E-state index >= 15 is 0 Å². The lowest BCUT2D eigenvalue weighted by atomic mass is 10.1. The first-order valence-electron chi connectivity index (χ1n) is 10.5. The monoisotopic (exact) mass is 539 g/mol. The molecule has 0 spiro atoms. The Morgan fingerprint density at radius 3 is 2.58 bits per heavy atom. The molecule has 2 aromatic rings. The van der Waals surface area contributed by atoms with E-state index in [1.165, 1.54) is 17.8 Å². The Morgan fingerprint density at radius 2 is 1.87 bits per heavy atom. The van der Waals surface area contributed by atoms with Crippen LogP contribution in [0.25, 0.3) is 0 Å². The molecule has 1 atom stereocenters. The van der Waals surface area contributed by atoms with Gasteiger partial charge in [-0.1, -0.05) is 30.3 Å². The fourth-order valence-corrected chi connectivity index (χ4v) is 3.48. The van der Waals surface area contributed by atoms with Crippen LogP contribution in [0, 0.1) is 5.82 Å². The fourth-order valence-electron chi connectivity index (χ4n) is 3.48. The highest BCUT2D eigenvalue weighted by atomic mass is 127. The molecule has 0 aromatic heterocycles. The van der Waals surface area contributed by atoms with Crippen molar-refractivity contribution in [1.29, 1.82) is 0 Å². The number of aliphatic imine (C=N–C) groups is 1. The molecule has 1 unspecified atom stereocenters. The highest BCUT2D eigenvalue weighted by Crippen LogP contribution is 2.19. The van der Waals surface area contributed by atoms with Gasteiger partial charge >= 0.3 is 0 Å². The average Bonchev–Trinajstić information content (AvgIpc) is 3.22. The van der Waals surface area contributed by atoms with E-state index in [1.54, 1.807) is 12.1 Å². The van der Waals surface area contributed by atoms with Gasteiger partial charge in [0, 0.05) is 37.9 Å². The van der Waals surface area contributed by atoms with Gasteiger partial charge in [0.05, 0.1) is 13.0 Å². The molecule has 0 radical (unpaired) electrons. The first-order chi connectivity index (χ1) is 14.6. The van der Waals surface area contributed by atoms with Crippen LogP contribution >= 0.6 is 24.0 Å². The van der Waals surface area contributed by atoms with Gasteiger partial charge in [-0.2, -0.15) is 0 Å². The molecule has 1 amide bonds. The number of benzene rings is 2. The number of hydrogen-bond acceptors (Lipinski definition) is 3. The van der Waals surface area contributed by atoms with Crippen LogP contribution in [0.4, 0.5) is 10.1 Å². The van der Waals surface area contributed by atoms with E-state index in [9.17, 15) is 9.18 Å². The number of amides is 1. The van der Waals surface area contributed by atoms with Crippen LogP contribution in [0.5, 0.6) is 0 Å². The van der Waals surface area contributed by atoms with E-state index in [2.05, 4.69) is 50.1 Å². The number of hydrogen-bond donors (Lipinski definition) is 3. The summed E-state index contributed by atoms with van der Waals surface area (Å²) in [6, 6.07) is 16.7. The summed E-state index contributed by atoms with van der Waals surface area (Å²) in [6.07, 6.45) is 1.29. The predicted octanol–water partition coefficient (Wildman–Crippen LogP) is 2.94. The molecule has 8 heteroatoms. The molecule has 31 heavy (non-hydrogen) atoms. The standard InChI is InChI=1S/C23H30FN5O.HI/c1-2-25-23(28-20-12-15-29(17-20)21-6-4-3-5-7-21)27-14-13-26-22(30)16-18-8-10-19(24)11-9-18;/h3-11,20H,2,12-17H2,1H3,(H,26,30)(H2,25,27,28);1H. The molecule has 2 aromatic carbocycles. The van der Waals surface area contributed by atoms with Crippen molar-refractivity contribution >= 4 is 41.5 Å². The summed E-state index contributed by atoms with van der Waals surface area (Å²) in [4.78, 5) is 19.0. The second-order valence-electron chi connectivity index (χ2n) is 7.33. The molecule has 1 saturated heterocycles. The van der Waals surface area contributed by atoms with Crippen molar-refractivity contribution in [2.75, 3.05) is 37.6 Å². The molecule has 1 aliphatic rings. The normalized spacial score (nSPS) is 15.9. The zero-order valence-corrected chi connectivity index (χ0v) is 20.1. The van der Waals surface area contributed by atoms with E-state index in [-0.39, 0.29) is 42.1 Å². The Labute approximate surface area is 200 Å². The molecule has 0 saturated carbocycles. The number of nitrogens with one attached hydrogen (secondary N) is 3. The zero-order valence-electron chi connectivity index (χ0n) is 17.8. The molecule has 1 heterocycles. The third-order valence-electron chi connectivity index (χ3n) is 4.98. The van der Waals surface area contributed by atoms with E-state index in [0.717, 1.165) is 37.6 Å². The third kappa shape index (κ3) is 8.35. The minimum atomic E-state index is -0.300. The zero-order chi connectivity index (χ0) is 21.2. The molecule has 0 bridgehead atoms. The maximum atomic E-state index is 12.9. The van der Waals surface area contributed by atoms with Crippen molar-refractivity contribution in [2.24, 2.45) is 4.99 Å². The molecule has 6 nitrogen and oxygen atoms in total. The summed E-state index contributed by atoms with van der Waals surface area (Å²) in [7, 11) is 0. The van der Waals surface area contributed by atoms with Crippen molar-refractivity contribution < 1.29 is 9.18 Å². The van der Waals surface area contributed by atoms with Gasteiger partial charge in [0.1, 0.15) is 5.82 Å². The van der Waals surface area contributed by atoms with E-state index in [0.29, 0.717) is 19.1 Å². The fraction of sp³-hybridized carbons (Fsp3) is 0.391.